The third kappa shape index (κ3) is 4.33. The van der Waals surface area contributed by atoms with Crippen LogP contribution >= 0.6 is 34.3 Å². The van der Waals surface area contributed by atoms with E-state index in [0.29, 0.717) is 24.1 Å². The second-order valence-electron chi connectivity index (χ2n) is 5.13. The van der Waals surface area contributed by atoms with Crippen molar-refractivity contribution in [1.82, 2.24) is 9.62 Å². The summed E-state index contributed by atoms with van der Waals surface area (Å²) in [6.07, 6.45) is 0. The first-order chi connectivity index (χ1) is 11.1. The Labute approximate surface area is 148 Å². The van der Waals surface area contributed by atoms with E-state index in [0.717, 1.165) is 30.0 Å². The largest absolute Gasteiger partial charge is 0.379 e. The molecule has 1 aliphatic rings. The molecule has 1 saturated heterocycles. The van der Waals surface area contributed by atoms with Crippen LogP contribution in [0.2, 0.25) is 4.34 Å². The monoisotopic (exact) mass is 392 g/mol. The van der Waals surface area contributed by atoms with Crippen molar-refractivity contribution in [1.29, 1.82) is 0 Å². The Morgan fingerprint density at radius 3 is 2.70 bits per heavy atom. The molecule has 0 aromatic carbocycles. The van der Waals surface area contributed by atoms with Crippen molar-refractivity contribution in [3.05, 3.63) is 38.9 Å². The van der Waals surface area contributed by atoms with Crippen LogP contribution < -0.4 is 4.72 Å². The van der Waals surface area contributed by atoms with Gasteiger partial charge < -0.3 is 4.74 Å². The first-order valence-corrected chi connectivity index (χ1v) is 10.8. The van der Waals surface area contributed by atoms with Crippen molar-refractivity contribution in [2.45, 2.75) is 10.3 Å². The second kappa shape index (κ2) is 7.60. The van der Waals surface area contributed by atoms with E-state index in [-0.39, 0.29) is 10.3 Å². The smallest absolute Gasteiger partial charge is 0.250 e. The highest BCUT2D eigenvalue weighted by molar-refractivity contribution is 7.91. The maximum atomic E-state index is 12.4. The summed E-state index contributed by atoms with van der Waals surface area (Å²) in [6.45, 7) is 3.27. The number of morpholine rings is 1. The van der Waals surface area contributed by atoms with Crippen LogP contribution in [0.1, 0.15) is 11.6 Å². The third-order valence-corrected chi connectivity index (χ3v) is 7.54. The zero-order valence-electron chi connectivity index (χ0n) is 12.3. The maximum Gasteiger partial charge on any atom is 0.250 e. The van der Waals surface area contributed by atoms with Gasteiger partial charge in [0.1, 0.15) is 4.21 Å². The summed E-state index contributed by atoms with van der Waals surface area (Å²) in [5, 5.41) is 4.08. The van der Waals surface area contributed by atoms with Crippen molar-refractivity contribution in [3.8, 4) is 0 Å². The van der Waals surface area contributed by atoms with Crippen molar-refractivity contribution >= 4 is 44.3 Å². The first kappa shape index (κ1) is 17.3. The average molecular weight is 393 g/mol. The molecule has 0 amide bonds. The molecular weight excluding hydrogens is 376 g/mol. The number of thiophene rings is 2. The average Bonchev–Trinajstić information content (AvgIpc) is 3.20. The zero-order valence-corrected chi connectivity index (χ0v) is 15.5. The van der Waals surface area contributed by atoms with Crippen LogP contribution in [-0.4, -0.2) is 46.2 Å². The molecule has 2 aromatic rings. The fraction of sp³-hybridized carbons (Fsp3) is 0.429. The minimum atomic E-state index is -3.53. The van der Waals surface area contributed by atoms with Crippen LogP contribution in [0.3, 0.4) is 0 Å². The maximum absolute atomic E-state index is 12.4. The van der Waals surface area contributed by atoms with Crippen LogP contribution in [0, 0.1) is 0 Å². The highest BCUT2D eigenvalue weighted by Crippen LogP contribution is 2.27. The van der Waals surface area contributed by atoms with Gasteiger partial charge in [-0.15, -0.1) is 11.3 Å². The Kier molecular flexibility index (Phi) is 5.74. The number of ether oxygens (including phenoxy) is 1. The van der Waals surface area contributed by atoms with Crippen molar-refractivity contribution in [2.24, 2.45) is 0 Å². The molecule has 9 heteroatoms. The Hall–Kier alpha value is -0.480. The van der Waals surface area contributed by atoms with E-state index in [9.17, 15) is 8.42 Å². The number of hydrogen-bond donors (Lipinski definition) is 1. The molecule has 1 unspecified atom stereocenters. The Morgan fingerprint density at radius 2 is 2.09 bits per heavy atom. The van der Waals surface area contributed by atoms with Gasteiger partial charge in [-0.25, -0.2) is 13.1 Å². The second-order valence-corrected chi connectivity index (χ2v) is 9.62. The number of sulfonamides is 1. The van der Waals surface area contributed by atoms with E-state index >= 15 is 0 Å². The van der Waals surface area contributed by atoms with E-state index in [2.05, 4.69) is 15.0 Å². The molecule has 3 heterocycles. The van der Waals surface area contributed by atoms with Gasteiger partial charge in [-0.2, -0.15) is 11.3 Å². The van der Waals surface area contributed by atoms with Crippen LogP contribution in [0.25, 0.3) is 0 Å². The lowest BCUT2D eigenvalue weighted by Crippen LogP contribution is -2.43. The minimum Gasteiger partial charge on any atom is -0.379 e. The predicted octanol–water partition coefficient (Wildman–Crippen LogP) is 2.81. The van der Waals surface area contributed by atoms with Gasteiger partial charge in [-0.1, -0.05) is 11.6 Å². The molecule has 1 fully saturated rings. The molecular formula is C14H17ClN2O3S3. The lowest BCUT2D eigenvalue weighted by Gasteiger charge is -2.34. The van der Waals surface area contributed by atoms with Crippen molar-refractivity contribution < 1.29 is 13.2 Å². The van der Waals surface area contributed by atoms with E-state index in [1.807, 2.05) is 11.4 Å². The van der Waals surface area contributed by atoms with Crippen LogP contribution in [0.4, 0.5) is 0 Å². The van der Waals surface area contributed by atoms with E-state index in [4.69, 9.17) is 16.3 Å². The molecule has 1 atom stereocenters. The number of halogens is 1. The zero-order chi connectivity index (χ0) is 16.3. The molecule has 23 heavy (non-hydrogen) atoms. The van der Waals surface area contributed by atoms with Crippen LogP contribution in [0.15, 0.2) is 33.2 Å². The molecule has 3 rings (SSSR count). The van der Waals surface area contributed by atoms with Crippen molar-refractivity contribution in [2.75, 3.05) is 32.8 Å². The van der Waals surface area contributed by atoms with Gasteiger partial charge in [0.2, 0.25) is 10.0 Å². The predicted molar refractivity (Wildman–Crippen MR) is 94.0 cm³/mol. The summed E-state index contributed by atoms with van der Waals surface area (Å²) in [7, 11) is -3.53. The fourth-order valence-electron chi connectivity index (χ4n) is 2.51. The number of nitrogens with one attached hydrogen (secondary N) is 1. The lowest BCUT2D eigenvalue weighted by molar-refractivity contribution is 0.0173. The third-order valence-electron chi connectivity index (χ3n) is 3.69. The van der Waals surface area contributed by atoms with Crippen molar-refractivity contribution in [3.63, 3.8) is 0 Å². The Bertz CT molecular complexity index is 724. The highest BCUT2D eigenvalue weighted by atomic mass is 35.5. The molecule has 0 radical (unpaired) electrons. The standard InChI is InChI=1S/C14H17ClN2O3S3/c15-13-1-2-14(22-13)23(18,19)16-9-12(11-3-8-21-10-11)17-4-6-20-7-5-17/h1-3,8,10,12,16H,4-7,9H2. The first-order valence-electron chi connectivity index (χ1n) is 7.15. The Morgan fingerprint density at radius 1 is 1.30 bits per heavy atom. The summed E-state index contributed by atoms with van der Waals surface area (Å²) in [4.78, 5) is 2.26. The molecule has 0 bridgehead atoms. The molecule has 126 valence electrons. The molecule has 5 nitrogen and oxygen atoms in total. The topological polar surface area (TPSA) is 58.6 Å². The Balaban J connectivity index is 1.73. The van der Waals surface area contributed by atoms with Gasteiger partial charge in [-0.3, -0.25) is 4.90 Å². The highest BCUT2D eigenvalue weighted by Gasteiger charge is 2.25. The summed E-state index contributed by atoms with van der Waals surface area (Å²) < 4.78 is 33.6. The van der Waals surface area contributed by atoms with Gasteiger partial charge in [0, 0.05) is 25.7 Å². The quantitative estimate of drug-likeness (QED) is 0.821. The summed E-state index contributed by atoms with van der Waals surface area (Å²) in [5.41, 5.74) is 1.13. The van der Waals surface area contributed by atoms with Gasteiger partial charge >= 0.3 is 0 Å². The molecule has 0 spiro atoms. The van der Waals surface area contributed by atoms with Gasteiger partial charge in [0.15, 0.2) is 0 Å². The van der Waals surface area contributed by atoms with E-state index in [1.54, 1.807) is 17.4 Å². The van der Waals surface area contributed by atoms with E-state index in [1.165, 1.54) is 6.07 Å². The van der Waals surface area contributed by atoms with Gasteiger partial charge in [0.05, 0.1) is 17.6 Å². The molecule has 2 aromatic heterocycles. The summed E-state index contributed by atoms with van der Waals surface area (Å²) in [5.74, 6) is 0. The minimum absolute atomic E-state index is 0.00959. The number of hydrogen-bond acceptors (Lipinski definition) is 6. The summed E-state index contributed by atoms with van der Waals surface area (Å²) in [6, 6.07) is 5.18. The molecule has 1 N–H and O–H groups in total. The molecule has 1 aliphatic heterocycles. The van der Waals surface area contributed by atoms with E-state index < -0.39 is 10.0 Å². The van der Waals surface area contributed by atoms with Gasteiger partial charge in [0.25, 0.3) is 0 Å². The number of rotatable bonds is 6. The SMILES string of the molecule is O=S(=O)(NCC(c1ccsc1)N1CCOCC1)c1ccc(Cl)s1. The van der Waals surface area contributed by atoms with Crippen LogP contribution in [-0.2, 0) is 14.8 Å². The summed E-state index contributed by atoms with van der Waals surface area (Å²) >= 11 is 8.51. The molecule has 0 saturated carbocycles. The van der Waals surface area contributed by atoms with Gasteiger partial charge in [-0.05, 0) is 34.5 Å². The van der Waals surface area contributed by atoms with Crippen LogP contribution in [0.5, 0.6) is 0 Å². The lowest BCUT2D eigenvalue weighted by atomic mass is 10.1. The normalized spacial score (nSPS) is 18.1. The molecule has 0 aliphatic carbocycles. The fourth-order valence-corrected chi connectivity index (χ4v) is 5.79. The number of nitrogens with zero attached hydrogens (tertiary/aromatic N) is 1.